The van der Waals surface area contributed by atoms with Crippen LogP contribution in [0.15, 0.2) is 27.8 Å². The van der Waals surface area contributed by atoms with E-state index in [2.05, 4.69) is 30.6 Å². The molecular weight excluding hydrogens is 453 g/mol. The molecule has 13 heteroatoms. The second-order valence-electron chi connectivity index (χ2n) is 6.36. The molecule has 0 unspecified atom stereocenters. The monoisotopic (exact) mass is 465 g/mol. The van der Waals surface area contributed by atoms with Crippen LogP contribution in [0.3, 0.4) is 0 Å². The molecular formula is C17H13Cl2N7O3S. The van der Waals surface area contributed by atoms with Gasteiger partial charge in [0.1, 0.15) is 4.70 Å². The lowest BCUT2D eigenvalue weighted by atomic mass is 10.2. The summed E-state index contributed by atoms with van der Waals surface area (Å²) in [5, 5.41) is 11.9. The number of carbonyl (C=O) groups is 1. The van der Waals surface area contributed by atoms with E-state index in [1.807, 2.05) is 13.0 Å². The second kappa shape index (κ2) is 8.01. The van der Waals surface area contributed by atoms with Crippen LogP contribution in [-0.2, 0) is 17.8 Å². The van der Waals surface area contributed by atoms with Crippen molar-refractivity contribution in [2.24, 2.45) is 0 Å². The predicted molar refractivity (Wildman–Crippen MR) is 114 cm³/mol. The Balaban J connectivity index is 1.47. The standard InChI is InChI=1S/C17H13Cl2N7O3S/c1-7-11(24-25-26(7)6-8-2-3-9(18)10(19)4-8)5-12(27)20-17-22-14-13(30-17)15(28)23-16(29)21-14/h2-4H,5-6H2,1H3,(H3,20,21,22,23,27,28,29). The summed E-state index contributed by atoms with van der Waals surface area (Å²) < 4.78 is 1.87. The van der Waals surface area contributed by atoms with Gasteiger partial charge in [-0.15, -0.1) is 5.10 Å². The number of aromatic nitrogens is 6. The van der Waals surface area contributed by atoms with E-state index in [-0.39, 0.29) is 27.8 Å². The van der Waals surface area contributed by atoms with Gasteiger partial charge in [0, 0.05) is 0 Å². The molecule has 0 aliphatic heterocycles. The number of nitrogens with zero attached hydrogens (tertiary/aromatic N) is 4. The summed E-state index contributed by atoms with van der Waals surface area (Å²) in [6.45, 7) is 2.23. The first-order chi connectivity index (χ1) is 14.3. The fourth-order valence-corrected chi connectivity index (χ4v) is 3.90. The van der Waals surface area contributed by atoms with Crippen LogP contribution in [0.25, 0.3) is 10.3 Å². The van der Waals surface area contributed by atoms with Gasteiger partial charge in [-0.1, -0.05) is 45.8 Å². The van der Waals surface area contributed by atoms with E-state index < -0.39 is 11.2 Å². The average Bonchev–Trinajstić information content (AvgIpc) is 3.22. The maximum absolute atomic E-state index is 12.4. The van der Waals surface area contributed by atoms with Gasteiger partial charge in [0.05, 0.1) is 34.4 Å². The summed E-state index contributed by atoms with van der Waals surface area (Å²) in [7, 11) is 0. The first kappa shape index (κ1) is 20.3. The molecule has 30 heavy (non-hydrogen) atoms. The number of carbonyl (C=O) groups excluding carboxylic acids is 1. The van der Waals surface area contributed by atoms with Crippen molar-refractivity contribution in [1.82, 2.24) is 29.9 Å². The quantitative estimate of drug-likeness (QED) is 0.412. The number of fused-ring (bicyclic) bond motifs is 1. The molecule has 0 saturated heterocycles. The van der Waals surface area contributed by atoms with Crippen LogP contribution in [0.2, 0.25) is 10.0 Å². The second-order valence-corrected chi connectivity index (χ2v) is 8.17. The highest BCUT2D eigenvalue weighted by Gasteiger charge is 2.16. The Bertz CT molecular complexity index is 1390. The molecule has 4 aromatic rings. The minimum absolute atomic E-state index is 0.0317. The van der Waals surface area contributed by atoms with Crippen molar-refractivity contribution in [2.75, 3.05) is 5.32 Å². The number of thiazole rings is 1. The Labute approximate surface area is 181 Å². The summed E-state index contributed by atoms with van der Waals surface area (Å²) in [4.78, 5) is 44.1. The Kier molecular flexibility index (Phi) is 5.41. The van der Waals surface area contributed by atoms with Gasteiger partial charge in [-0.2, -0.15) is 0 Å². The molecule has 3 N–H and O–H groups in total. The largest absolute Gasteiger partial charge is 0.327 e. The first-order valence-electron chi connectivity index (χ1n) is 8.56. The lowest BCUT2D eigenvalue weighted by Gasteiger charge is -2.05. The highest BCUT2D eigenvalue weighted by molar-refractivity contribution is 7.22. The molecule has 0 bridgehead atoms. The molecule has 1 aromatic carbocycles. The van der Waals surface area contributed by atoms with E-state index in [1.54, 1.807) is 16.8 Å². The van der Waals surface area contributed by atoms with Crippen molar-refractivity contribution < 1.29 is 4.79 Å². The zero-order chi connectivity index (χ0) is 21.4. The van der Waals surface area contributed by atoms with Crippen LogP contribution in [-0.4, -0.2) is 35.9 Å². The van der Waals surface area contributed by atoms with Crippen molar-refractivity contribution in [3.8, 4) is 0 Å². The summed E-state index contributed by atoms with van der Waals surface area (Å²) in [6, 6.07) is 5.29. The Morgan fingerprint density at radius 3 is 2.80 bits per heavy atom. The normalized spacial score (nSPS) is 11.2. The van der Waals surface area contributed by atoms with Crippen molar-refractivity contribution in [3.05, 3.63) is 66.0 Å². The Hall–Kier alpha value is -3.02. The van der Waals surface area contributed by atoms with Crippen molar-refractivity contribution in [2.45, 2.75) is 19.9 Å². The number of halogens is 2. The van der Waals surface area contributed by atoms with Crippen LogP contribution >= 0.6 is 34.5 Å². The molecule has 0 aliphatic rings. The Morgan fingerprint density at radius 2 is 2.03 bits per heavy atom. The maximum Gasteiger partial charge on any atom is 0.327 e. The summed E-state index contributed by atoms with van der Waals surface area (Å²) in [5.74, 6) is -0.377. The van der Waals surface area contributed by atoms with Crippen molar-refractivity contribution in [3.63, 3.8) is 0 Å². The minimum Gasteiger partial charge on any atom is -0.302 e. The van der Waals surface area contributed by atoms with E-state index >= 15 is 0 Å². The molecule has 0 spiro atoms. The summed E-state index contributed by atoms with van der Waals surface area (Å²) >= 11 is 12.9. The number of benzene rings is 1. The third kappa shape index (κ3) is 4.13. The number of H-pyrrole nitrogens is 2. The van der Waals surface area contributed by atoms with Gasteiger partial charge in [0.2, 0.25) is 5.91 Å². The number of rotatable bonds is 5. The summed E-state index contributed by atoms with van der Waals surface area (Å²) in [6.07, 6.45) is -0.0317. The van der Waals surface area contributed by atoms with Gasteiger partial charge in [-0.05, 0) is 24.6 Å². The van der Waals surface area contributed by atoms with E-state index in [0.29, 0.717) is 22.3 Å². The number of amides is 1. The van der Waals surface area contributed by atoms with E-state index in [4.69, 9.17) is 23.2 Å². The van der Waals surface area contributed by atoms with Crippen LogP contribution in [0.4, 0.5) is 5.13 Å². The predicted octanol–water partition coefficient (Wildman–Crippen LogP) is 2.11. The van der Waals surface area contributed by atoms with Gasteiger partial charge in [0.25, 0.3) is 5.56 Å². The molecule has 0 radical (unpaired) electrons. The van der Waals surface area contributed by atoms with Gasteiger partial charge in [-0.3, -0.25) is 19.6 Å². The fourth-order valence-electron chi connectivity index (χ4n) is 2.75. The van der Waals surface area contributed by atoms with Gasteiger partial charge >= 0.3 is 5.69 Å². The average molecular weight is 466 g/mol. The molecule has 0 saturated carbocycles. The van der Waals surface area contributed by atoms with Crippen LogP contribution in [0.5, 0.6) is 0 Å². The molecule has 1 amide bonds. The lowest BCUT2D eigenvalue weighted by molar-refractivity contribution is -0.115. The fraction of sp³-hybridized carbons (Fsp3) is 0.176. The van der Waals surface area contributed by atoms with Gasteiger partial charge in [0.15, 0.2) is 10.8 Å². The van der Waals surface area contributed by atoms with Gasteiger partial charge in [-0.25, -0.2) is 14.5 Å². The van der Waals surface area contributed by atoms with E-state index in [0.717, 1.165) is 22.6 Å². The molecule has 0 aliphatic carbocycles. The van der Waals surface area contributed by atoms with Gasteiger partial charge < -0.3 is 5.32 Å². The summed E-state index contributed by atoms with van der Waals surface area (Å²) in [5.41, 5.74) is 1.01. The number of nitrogens with one attached hydrogen (secondary N) is 3. The molecule has 154 valence electrons. The van der Waals surface area contributed by atoms with Crippen molar-refractivity contribution >= 4 is 55.9 Å². The molecule has 3 heterocycles. The molecule has 0 atom stereocenters. The third-order valence-electron chi connectivity index (χ3n) is 4.26. The van der Waals surface area contributed by atoms with E-state index in [1.165, 1.54) is 0 Å². The topological polar surface area (TPSA) is 138 Å². The van der Waals surface area contributed by atoms with E-state index in [9.17, 15) is 14.4 Å². The smallest absolute Gasteiger partial charge is 0.302 e. The number of aromatic amines is 2. The zero-order valence-corrected chi connectivity index (χ0v) is 17.7. The molecule has 10 nitrogen and oxygen atoms in total. The SMILES string of the molecule is Cc1c(CC(=O)Nc2nc3[nH]c(=O)[nH]c(=O)c3s2)nnn1Cc1ccc(Cl)c(Cl)c1. The van der Waals surface area contributed by atoms with Crippen LogP contribution in [0, 0.1) is 6.92 Å². The molecule has 0 fully saturated rings. The third-order valence-corrected chi connectivity index (χ3v) is 5.97. The lowest BCUT2D eigenvalue weighted by Crippen LogP contribution is -2.20. The molecule has 3 aromatic heterocycles. The van der Waals surface area contributed by atoms with Crippen LogP contribution in [0.1, 0.15) is 17.0 Å². The van der Waals surface area contributed by atoms with Crippen LogP contribution < -0.4 is 16.6 Å². The number of anilines is 1. The highest BCUT2D eigenvalue weighted by atomic mass is 35.5. The molecule has 4 rings (SSSR count). The number of hydrogen-bond donors (Lipinski definition) is 3. The minimum atomic E-state index is -0.662. The zero-order valence-electron chi connectivity index (χ0n) is 15.3. The first-order valence-corrected chi connectivity index (χ1v) is 10.1. The number of hydrogen-bond acceptors (Lipinski definition) is 7. The Morgan fingerprint density at radius 1 is 1.23 bits per heavy atom. The highest BCUT2D eigenvalue weighted by Crippen LogP contribution is 2.23. The maximum atomic E-state index is 12.4. The van der Waals surface area contributed by atoms with Crippen molar-refractivity contribution in [1.29, 1.82) is 0 Å².